The molecule has 0 unspecified atom stereocenters. The Morgan fingerprint density at radius 2 is 0.733 bits per heavy atom. The van der Waals surface area contributed by atoms with E-state index in [1.165, 1.54) is 53.5 Å². The molecule has 0 N–H and O–H groups in total. The van der Waals surface area contributed by atoms with Crippen LogP contribution in [0, 0.1) is 0 Å². The van der Waals surface area contributed by atoms with Gasteiger partial charge < -0.3 is 0 Å². The summed E-state index contributed by atoms with van der Waals surface area (Å²) in [6, 6.07) is 23.0. The Labute approximate surface area is 175 Å². The van der Waals surface area contributed by atoms with Gasteiger partial charge in [-0.3, -0.25) is 0 Å². The van der Waals surface area contributed by atoms with Crippen LogP contribution in [0.5, 0.6) is 0 Å². The highest BCUT2D eigenvalue weighted by atomic mass is 14.1. The van der Waals surface area contributed by atoms with Crippen molar-refractivity contribution in [1.82, 2.24) is 0 Å². The summed E-state index contributed by atoms with van der Waals surface area (Å²) in [7, 11) is 0. The average Bonchev–Trinajstić information content (AvgIpc) is 2.77. The van der Waals surface area contributed by atoms with Crippen molar-refractivity contribution in [3.8, 4) is 0 Å². The second kappa shape index (κ2) is 6.43. The molecule has 0 spiro atoms. The Morgan fingerprint density at radius 1 is 0.433 bits per heavy atom. The van der Waals surface area contributed by atoms with Gasteiger partial charge in [0.1, 0.15) is 0 Å². The molecule has 5 aromatic carbocycles. The zero-order valence-electron chi connectivity index (χ0n) is 16.9. The highest BCUT2D eigenvalue weighted by Crippen LogP contribution is 2.31. The van der Waals surface area contributed by atoms with E-state index in [0.29, 0.717) is 0 Å². The minimum atomic E-state index is 1.13. The van der Waals surface area contributed by atoms with Crippen molar-refractivity contribution in [3.63, 3.8) is 0 Å². The van der Waals surface area contributed by atoms with Crippen LogP contribution in [-0.4, -0.2) is 0 Å². The van der Waals surface area contributed by atoms with E-state index >= 15 is 0 Å². The van der Waals surface area contributed by atoms with Gasteiger partial charge in [-0.25, -0.2) is 0 Å². The van der Waals surface area contributed by atoms with Gasteiger partial charge in [0.15, 0.2) is 0 Å². The van der Waals surface area contributed by atoms with Gasteiger partial charge in [0.25, 0.3) is 0 Å². The Balaban J connectivity index is 1.66. The molecule has 0 aromatic heterocycles. The molecule has 6 rings (SSSR count). The number of benzene rings is 5. The number of hydrogen-bond acceptors (Lipinski definition) is 0. The van der Waals surface area contributed by atoms with Crippen LogP contribution in [0.3, 0.4) is 0 Å². The van der Waals surface area contributed by atoms with E-state index in [4.69, 9.17) is 0 Å². The molecule has 0 saturated heterocycles. The van der Waals surface area contributed by atoms with Crippen LogP contribution in [0.15, 0.2) is 73.8 Å². The second-order valence-corrected chi connectivity index (χ2v) is 8.30. The monoisotopic (exact) mass is 382 g/mol. The van der Waals surface area contributed by atoms with E-state index < -0.39 is 0 Å². The molecular formula is C30H22. The molecule has 0 nitrogen and oxygen atoms in total. The lowest BCUT2D eigenvalue weighted by molar-refractivity contribution is 1.12. The molecule has 0 amide bonds. The first-order valence-electron chi connectivity index (χ1n) is 10.6. The van der Waals surface area contributed by atoms with Crippen molar-refractivity contribution in [3.05, 3.63) is 95.4 Å². The summed E-state index contributed by atoms with van der Waals surface area (Å²) in [6.07, 6.45) is 10.8. The van der Waals surface area contributed by atoms with E-state index in [-0.39, 0.29) is 0 Å². The van der Waals surface area contributed by atoms with Crippen LogP contribution in [0.1, 0.15) is 24.0 Å². The SMILES string of the molecule is C=Cc1cc2cc3cc4cc5cc6c(cc5cc4cc3cc2cc1C=C)=CCCC=6. The van der Waals surface area contributed by atoms with Crippen LogP contribution in [0.25, 0.3) is 67.4 Å². The molecular weight excluding hydrogens is 360 g/mol. The first kappa shape index (κ1) is 17.2. The van der Waals surface area contributed by atoms with Gasteiger partial charge in [0.05, 0.1) is 0 Å². The highest BCUT2D eigenvalue weighted by molar-refractivity contribution is 6.08. The minimum Gasteiger partial charge on any atom is -0.0984 e. The zero-order chi connectivity index (χ0) is 20.2. The zero-order valence-corrected chi connectivity index (χ0v) is 16.9. The summed E-state index contributed by atoms with van der Waals surface area (Å²) < 4.78 is 0. The predicted octanol–water partition coefficient (Wildman–Crippen LogP) is 6.94. The Kier molecular flexibility index (Phi) is 3.70. The smallest absolute Gasteiger partial charge is 0.0171 e. The minimum absolute atomic E-state index is 1.13. The lowest BCUT2D eigenvalue weighted by atomic mass is 9.94. The molecule has 0 heteroatoms. The Bertz CT molecular complexity index is 1540. The fraction of sp³-hybridized carbons (Fsp3) is 0.0667. The van der Waals surface area contributed by atoms with Crippen LogP contribution in [-0.2, 0) is 0 Å². The van der Waals surface area contributed by atoms with E-state index in [2.05, 4.69) is 86.0 Å². The summed E-state index contributed by atoms with van der Waals surface area (Å²) in [5, 5.41) is 13.0. The van der Waals surface area contributed by atoms with Crippen molar-refractivity contribution < 1.29 is 0 Å². The van der Waals surface area contributed by atoms with Gasteiger partial charge >= 0.3 is 0 Å². The van der Waals surface area contributed by atoms with Gasteiger partial charge in [-0.05, 0) is 138 Å². The van der Waals surface area contributed by atoms with E-state index in [9.17, 15) is 0 Å². The first-order chi connectivity index (χ1) is 14.7. The maximum Gasteiger partial charge on any atom is -0.0171 e. The van der Waals surface area contributed by atoms with Gasteiger partial charge in [-0.15, -0.1) is 0 Å². The molecule has 0 atom stereocenters. The third-order valence-corrected chi connectivity index (χ3v) is 6.45. The number of fused-ring (bicyclic) bond motifs is 5. The lowest BCUT2D eigenvalue weighted by Crippen LogP contribution is -2.26. The standard InChI is InChI=1S/C30H22/c1-3-19-9-23-13-27-17-29-15-25-11-21-7-5-6-8-22(21)12-26(25)16-30(29)18-28(27)14-24(23)10-20(19)4-2/h3-4,7-18H,1-2,5-6H2. The third kappa shape index (κ3) is 2.61. The van der Waals surface area contributed by atoms with Gasteiger partial charge in [-0.2, -0.15) is 0 Å². The molecule has 1 aliphatic rings. The largest absolute Gasteiger partial charge is 0.0984 e. The normalized spacial score (nSPS) is 13.2. The van der Waals surface area contributed by atoms with E-state index in [0.717, 1.165) is 24.0 Å². The quantitative estimate of drug-likeness (QED) is 0.290. The molecule has 0 bridgehead atoms. The van der Waals surface area contributed by atoms with Crippen molar-refractivity contribution in [2.24, 2.45) is 0 Å². The maximum atomic E-state index is 3.96. The fourth-order valence-electron chi connectivity index (χ4n) is 4.86. The molecule has 0 radical (unpaired) electrons. The Morgan fingerprint density at radius 3 is 1.07 bits per heavy atom. The van der Waals surface area contributed by atoms with Gasteiger partial charge in [0.2, 0.25) is 0 Å². The third-order valence-electron chi connectivity index (χ3n) is 6.45. The summed E-state index contributed by atoms with van der Waals surface area (Å²) in [5.74, 6) is 0. The van der Waals surface area contributed by atoms with Crippen LogP contribution in [0.4, 0.5) is 0 Å². The Hall–Kier alpha value is -3.64. The van der Waals surface area contributed by atoms with E-state index in [1.54, 1.807) is 0 Å². The average molecular weight is 383 g/mol. The molecule has 5 aromatic rings. The summed E-state index contributed by atoms with van der Waals surface area (Å²) in [4.78, 5) is 0. The van der Waals surface area contributed by atoms with Crippen molar-refractivity contribution in [1.29, 1.82) is 0 Å². The van der Waals surface area contributed by atoms with Crippen LogP contribution >= 0.6 is 0 Å². The van der Waals surface area contributed by atoms with Crippen molar-refractivity contribution in [2.75, 3.05) is 0 Å². The summed E-state index contributed by atoms with van der Waals surface area (Å²) >= 11 is 0. The molecule has 0 heterocycles. The molecule has 142 valence electrons. The van der Waals surface area contributed by atoms with E-state index in [1.807, 2.05) is 12.2 Å². The molecule has 0 saturated carbocycles. The number of rotatable bonds is 2. The lowest BCUT2D eigenvalue weighted by Gasteiger charge is -2.10. The fourth-order valence-corrected chi connectivity index (χ4v) is 4.86. The highest BCUT2D eigenvalue weighted by Gasteiger charge is 2.06. The van der Waals surface area contributed by atoms with Gasteiger partial charge in [-0.1, -0.05) is 37.5 Å². The predicted molar refractivity (Wildman–Crippen MR) is 134 cm³/mol. The second-order valence-electron chi connectivity index (χ2n) is 8.30. The molecule has 0 fully saturated rings. The van der Waals surface area contributed by atoms with Crippen molar-refractivity contribution >= 4 is 67.4 Å². The molecule has 1 aliphatic carbocycles. The number of hydrogen-bond donors (Lipinski definition) is 0. The first-order valence-corrected chi connectivity index (χ1v) is 10.6. The summed E-state index contributed by atoms with van der Waals surface area (Å²) in [6.45, 7) is 7.91. The van der Waals surface area contributed by atoms with Gasteiger partial charge in [0, 0.05) is 0 Å². The van der Waals surface area contributed by atoms with Crippen LogP contribution < -0.4 is 10.4 Å². The molecule has 30 heavy (non-hydrogen) atoms. The molecule has 0 aliphatic heterocycles. The van der Waals surface area contributed by atoms with Crippen molar-refractivity contribution in [2.45, 2.75) is 12.8 Å². The van der Waals surface area contributed by atoms with Crippen LogP contribution in [0.2, 0.25) is 0 Å². The topological polar surface area (TPSA) is 0 Å². The summed E-state index contributed by atoms with van der Waals surface area (Å²) in [5.41, 5.74) is 2.25. The maximum absolute atomic E-state index is 3.96.